The minimum atomic E-state index is 0.641. The van der Waals surface area contributed by atoms with Crippen molar-refractivity contribution in [2.75, 3.05) is 0 Å². The van der Waals surface area contributed by atoms with Crippen molar-refractivity contribution in [2.24, 2.45) is 0 Å². The molecule has 0 unspecified atom stereocenters. The van der Waals surface area contributed by atoms with E-state index in [1.807, 2.05) is 48.5 Å². The zero-order valence-electron chi connectivity index (χ0n) is 20.7. The second-order valence-corrected chi connectivity index (χ2v) is 9.54. The topological polar surface area (TPSA) is 63.3 Å². The van der Waals surface area contributed by atoms with E-state index in [2.05, 4.69) is 92.2 Å². The van der Waals surface area contributed by atoms with Crippen LogP contribution in [0.25, 0.3) is 61.5 Å². The molecule has 0 saturated heterocycles. The van der Waals surface area contributed by atoms with Crippen molar-refractivity contribution >= 4 is 44.7 Å². The van der Waals surface area contributed by atoms with E-state index in [4.69, 9.17) is 9.97 Å². The van der Waals surface area contributed by atoms with Gasteiger partial charge in [0, 0.05) is 0 Å². The van der Waals surface area contributed by atoms with Crippen LogP contribution in [0, 0.1) is 11.3 Å². The summed E-state index contributed by atoms with van der Waals surface area (Å²) >= 11 is 0. The number of nitrogens with zero attached hydrogens (tertiary/aromatic N) is 6. The quantitative estimate of drug-likeness (QED) is 0.250. The Morgan fingerprint density at radius 1 is 0.513 bits per heavy atom. The van der Waals surface area contributed by atoms with Crippen LogP contribution in [0.3, 0.4) is 0 Å². The molecule has 0 spiro atoms. The van der Waals surface area contributed by atoms with E-state index < -0.39 is 0 Å². The number of hydrogen-bond acceptors (Lipinski definition) is 3. The normalized spacial score (nSPS) is 11.6. The van der Waals surface area contributed by atoms with Crippen LogP contribution in [0.5, 0.6) is 0 Å². The smallest absolute Gasteiger partial charge is 0.223 e. The highest BCUT2D eigenvalue weighted by Gasteiger charge is 2.18. The molecule has 6 nitrogen and oxygen atoms in total. The molecule has 0 radical (unpaired) electrons. The fraction of sp³-hybridized carbons (Fsp3) is 0. The standard InChI is InChI=1S/C33H20N6/c34-21-22-16-18-23(19-17-22)24-8-7-9-25(20-24)37-32-35-26-10-1-3-12-28(26)38(32)30-14-5-6-15-31(30)39-29-13-4-2-11-27(29)36-33(37)39/h1-20H. The maximum atomic E-state index is 9.24. The van der Waals surface area contributed by atoms with Gasteiger partial charge in [-0.3, -0.25) is 8.80 Å². The molecule has 0 aliphatic rings. The van der Waals surface area contributed by atoms with E-state index >= 15 is 0 Å². The van der Waals surface area contributed by atoms with E-state index in [9.17, 15) is 5.26 Å². The lowest BCUT2D eigenvalue weighted by atomic mass is 10.0. The summed E-state index contributed by atoms with van der Waals surface area (Å²) in [6, 6.07) is 43.1. The zero-order valence-corrected chi connectivity index (χ0v) is 20.7. The SMILES string of the molecule is N#Cc1ccc(-c2cccc(-n3c4nc5ccccc5n4c4ccccc4n4c5ccccc5nc34)c2)cc1. The first-order valence-corrected chi connectivity index (χ1v) is 12.8. The van der Waals surface area contributed by atoms with Crippen LogP contribution in [0.4, 0.5) is 0 Å². The van der Waals surface area contributed by atoms with Crippen molar-refractivity contribution < 1.29 is 0 Å². The highest BCUT2D eigenvalue weighted by molar-refractivity contribution is 5.93. The average Bonchev–Trinajstić information content (AvgIpc) is 3.53. The Morgan fingerprint density at radius 2 is 1.05 bits per heavy atom. The van der Waals surface area contributed by atoms with Crippen LogP contribution >= 0.6 is 0 Å². The fourth-order valence-corrected chi connectivity index (χ4v) is 5.53. The van der Waals surface area contributed by atoms with Gasteiger partial charge in [-0.2, -0.15) is 5.26 Å². The van der Waals surface area contributed by atoms with Gasteiger partial charge in [0.25, 0.3) is 0 Å². The van der Waals surface area contributed by atoms with Gasteiger partial charge in [0.1, 0.15) is 0 Å². The molecule has 8 aromatic rings. The predicted octanol–water partition coefficient (Wildman–Crippen LogP) is 7.33. The third kappa shape index (κ3) is 3.14. The Bertz CT molecular complexity index is 2180. The van der Waals surface area contributed by atoms with Gasteiger partial charge in [0.05, 0.1) is 50.4 Å². The highest BCUT2D eigenvalue weighted by Crippen LogP contribution is 2.30. The number of nitriles is 1. The van der Waals surface area contributed by atoms with Gasteiger partial charge in [0.2, 0.25) is 11.6 Å². The zero-order chi connectivity index (χ0) is 25.9. The summed E-state index contributed by atoms with van der Waals surface area (Å²) < 4.78 is 6.60. The molecule has 0 aliphatic heterocycles. The molecule has 0 saturated carbocycles. The van der Waals surface area contributed by atoms with Crippen LogP contribution in [0.2, 0.25) is 0 Å². The molecule has 0 amide bonds. The molecule has 39 heavy (non-hydrogen) atoms. The maximum Gasteiger partial charge on any atom is 0.223 e. The van der Waals surface area contributed by atoms with Crippen molar-refractivity contribution in [1.29, 1.82) is 5.26 Å². The van der Waals surface area contributed by atoms with Crippen LogP contribution in [-0.4, -0.2) is 23.3 Å². The largest absolute Gasteiger partial charge is 0.276 e. The maximum absolute atomic E-state index is 9.24. The first-order valence-electron chi connectivity index (χ1n) is 12.8. The van der Waals surface area contributed by atoms with Crippen molar-refractivity contribution in [3.8, 4) is 22.9 Å². The molecule has 0 bridgehead atoms. The third-order valence-electron chi connectivity index (χ3n) is 7.30. The van der Waals surface area contributed by atoms with E-state index in [-0.39, 0.29) is 0 Å². The molecule has 3 heterocycles. The van der Waals surface area contributed by atoms with Crippen LogP contribution < -0.4 is 0 Å². The summed E-state index contributed by atoms with van der Waals surface area (Å²) in [6.45, 7) is 0. The van der Waals surface area contributed by atoms with E-state index in [1.165, 1.54) is 0 Å². The van der Waals surface area contributed by atoms with Gasteiger partial charge < -0.3 is 0 Å². The van der Waals surface area contributed by atoms with Crippen molar-refractivity contribution in [1.82, 2.24) is 23.3 Å². The Balaban J connectivity index is 1.59. The van der Waals surface area contributed by atoms with Crippen LogP contribution in [0.1, 0.15) is 5.56 Å². The van der Waals surface area contributed by atoms with Gasteiger partial charge in [-0.15, -0.1) is 0 Å². The van der Waals surface area contributed by atoms with Crippen LogP contribution in [0.15, 0.2) is 121 Å². The number of fused-ring (bicyclic) bond motifs is 9. The van der Waals surface area contributed by atoms with Gasteiger partial charge in [-0.1, -0.05) is 60.7 Å². The molecule has 0 fully saturated rings. The van der Waals surface area contributed by atoms with E-state index in [1.54, 1.807) is 0 Å². The molecule has 5 aromatic carbocycles. The monoisotopic (exact) mass is 500 g/mol. The Kier molecular flexibility index (Phi) is 4.49. The summed E-state index contributed by atoms with van der Waals surface area (Å²) in [5.74, 6) is 1.55. The van der Waals surface area contributed by atoms with Gasteiger partial charge in [-0.25, -0.2) is 14.5 Å². The lowest BCUT2D eigenvalue weighted by Crippen LogP contribution is -2.02. The number of para-hydroxylation sites is 6. The second-order valence-electron chi connectivity index (χ2n) is 9.54. The summed E-state index contributed by atoms with van der Waals surface area (Å²) in [5, 5.41) is 9.24. The molecule has 0 N–H and O–H groups in total. The molecular formula is C33H20N6. The number of aromatic nitrogens is 5. The number of rotatable bonds is 2. The summed E-state index contributed by atoms with van der Waals surface area (Å²) in [7, 11) is 0. The Morgan fingerprint density at radius 3 is 1.62 bits per heavy atom. The summed E-state index contributed by atoms with van der Waals surface area (Å²) in [4.78, 5) is 10.3. The first kappa shape index (κ1) is 21.4. The molecule has 0 atom stereocenters. The molecule has 0 aliphatic carbocycles. The van der Waals surface area contributed by atoms with Crippen molar-refractivity contribution in [3.05, 3.63) is 127 Å². The Hall–Kier alpha value is -5.67. The minimum Gasteiger partial charge on any atom is -0.276 e. The molecule has 182 valence electrons. The van der Waals surface area contributed by atoms with Crippen molar-refractivity contribution in [3.63, 3.8) is 0 Å². The van der Waals surface area contributed by atoms with E-state index in [0.717, 1.165) is 61.5 Å². The molecule has 8 rings (SSSR count). The lowest BCUT2D eigenvalue weighted by molar-refractivity contribution is 1.03. The predicted molar refractivity (Wildman–Crippen MR) is 155 cm³/mol. The fourth-order valence-electron chi connectivity index (χ4n) is 5.53. The summed E-state index contributed by atoms with van der Waals surface area (Å²) in [6.07, 6.45) is 0. The molecular weight excluding hydrogens is 480 g/mol. The molecule has 6 heteroatoms. The Labute approximate surface area is 222 Å². The lowest BCUT2D eigenvalue weighted by Gasteiger charge is -2.10. The highest BCUT2D eigenvalue weighted by atomic mass is 15.3. The van der Waals surface area contributed by atoms with Gasteiger partial charge >= 0.3 is 0 Å². The minimum absolute atomic E-state index is 0.641. The number of imidazole rings is 2. The number of benzene rings is 5. The first-order chi connectivity index (χ1) is 19.3. The van der Waals surface area contributed by atoms with Crippen LogP contribution in [-0.2, 0) is 0 Å². The second kappa shape index (κ2) is 8.17. The van der Waals surface area contributed by atoms with Gasteiger partial charge in [-0.05, 0) is 71.8 Å². The van der Waals surface area contributed by atoms with Crippen molar-refractivity contribution in [2.45, 2.75) is 0 Å². The average molecular weight is 501 g/mol. The van der Waals surface area contributed by atoms with Gasteiger partial charge in [0.15, 0.2) is 0 Å². The number of hydrogen-bond donors (Lipinski definition) is 0. The third-order valence-corrected chi connectivity index (χ3v) is 7.30. The van der Waals surface area contributed by atoms with E-state index in [0.29, 0.717) is 5.56 Å². The molecule has 3 aromatic heterocycles. The summed E-state index contributed by atoms with van der Waals surface area (Å²) in [5.41, 5.74) is 9.64.